The topological polar surface area (TPSA) is 84.9 Å². The Morgan fingerprint density at radius 3 is 2.40 bits per heavy atom. The van der Waals surface area contributed by atoms with Gasteiger partial charge in [0.25, 0.3) is 0 Å². The molecule has 1 aliphatic rings. The van der Waals surface area contributed by atoms with E-state index in [0.717, 1.165) is 11.1 Å². The van der Waals surface area contributed by atoms with Gasteiger partial charge in [-0.3, -0.25) is 4.79 Å². The minimum absolute atomic E-state index is 0.0729. The molecule has 0 bridgehead atoms. The van der Waals surface area contributed by atoms with Crippen molar-refractivity contribution in [1.29, 1.82) is 0 Å². The van der Waals surface area contributed by atoms with Crippen molar-refractivity contribution in [3.63, 3.8) is 0 Å². The van der Waals surface area contributed by atoms with Gasteiger partial charge in [-0.2, -0.15) is 4.31 Å². The molecule has 30 heavy (non-hydrogen) atoms. The van der Waals surface area contributed by atoms with E-state index in [2.05, 4.69) is 5.32 Å². The number of methoxy groups -OCH3 is 1. The molecule has 1 N–H and O–H groups in total. The maximum absolute atomic E-state index is 13.0. The molecule has 7 nitrogen and oxygen atoms in total. The third kappa shape index (κ3) is 5.27. The monoisotopic (exact) mass is 430 g/mol. The average molecular weight is 431 g/mol. The van der Waals surface area contributed by atoms with Gasteiger partial charge in [0.05, 0.1) is 20.3 Å². The Balaban J connectivity index is 1.81. The molecule has 3 rings (SSSR count). The zero-order valence-corrected chi connectivity index (χ0v) is 18.2. The van der Waals surface area contributed by atoms with Gasteiger partial charge in [0.15, 0.2) is 0 Å². The molecule has 0 spiro atoms. The minimum atomic E-state index is -3.73. The van der Waals surface area contributed by atoms with Crippen molar-refractivity contribution in [1.82, 2.24) is 4.31 Å². The highest BCUT2D eigenvalue weighted by molar-refractivity contribution is 7.89. The van der Waals surface area contributed by atoms with E-state index in [1.165, 1.54) is 23.6 Å². The van der Waals surface area contributed by atoms with Gasteiger partial charge < -0.3 is 14.8 Å². The van der Waals surface area contributed by atoms with Crippen LogP contribution in [0.2, 0.25) is 0 Å². The van der Waals surface area contributed by atoms with Crippen molar-refractivity contribution >= 4 is 27.7 Å². The molecule has 0 aliphatic carbocycles. The Morgan fingerprint density at radius 2 is 1.77 bits per heavy atom. The number of nitrogens with one attached hydrogen (secondary N) is 1. The summed E-state index contributed by atoms with van der Waals surface area (Å²) in [5.74, 6) is -0.0354. The van der Waals surface area contributed by atoms with E-state index < -0.39 is 10.0 Å². The number of sulfonamides is 1. The number of aryl methyl sites for hydroxylation is 2. The fourth-order valence-corrected chi connectivity index (χ4v) is 4.93. The van der Waals surface area contributed by atoms with E-state index in [9.17, 15) is 13.2 Å². The van der Waals surface area contributed by atoms with Crippen molar-refractivity contribution in [2.24, 2.45) is 0 Å². The minimum Gasteiger partial charge on any atom is -0.495 e. The first-order valence-electron chi connectivity index (χ1n) is 9.63. The molecular weight excluding hydrogens is 404 g/mol. The number of carbonyl (C=O) groups is 1. The summed E-state index contributed by atoms with van der Waals surface area (Å²) >= 11 is 0. The molecule has 160 valence electrons. The van der Waals surface area contributed by atoms with Gasteiger partial charge in [0.1, 0.15) is 10.6 Å². The van der Waals surface area contributed by atoms with Crippen molar-refractivity contribution < 1.29 is 22.7 Å². The standard InChI is InChI=1S/C22H26N2O5S/c1-16-12-17(2)14-19(13-16)23-22(25)7-5-18-4-6-20(28-3)21(15-18)30(26,27)24-8-10-29-11-9-24/h4-7,12-15H,8-11H2,1-3H3,(H,23,25). The molecular formula is C22H26N2O5S. The highest BCUT2D eigenvalue weighted by Crippen LogP contribution is 2.29. The lowest BCUT2D eigenvalue weighted by Gasteiger charge is -2.26. The predicted molar refractivity (Wildman–Crippen MR) is 116 cm³/mol. The smallest absolute Gasteiger partial charge is 0.248 e. The van der Waals surface area contributed by atoms with Crippen LogP contribution < -0.4 is 10.1 Å². The lowest BCUT2D eigenvalue weighted by atomic mass is 10.1. The van der Waals surface area contributed by atoms with E-state index >= 15 is 0 Å². The van der Waals surface area contributed by atoms with E-state index in [-0.39, 0.29) is 16.6 Å². The first-order valence-corrected chi connectivity index (χ1v) is 11.1. The molecule has 0 atom stereocenters. The van der Waals surface area contributed by atoms with Gasteiger partial charge in [-0.1, -0.05) is 12.1 Å². The summed E-state index contributed by atoms with van der Waals surface area (Å²) in [6.45, 7) is 5.24. The number of hydrogen-bond donors (Lipinski definition) is 1. The molecule has 1 saturated heterocycles. The number of morpholine rings is 1. The lowest BCUT2D eigenvalue weighted by Crippen LogP contribution is -2.40. The van der Waals surface area contributed by atoms with Crippen LogP contribution in [0.15, 0.2) is 47.4 Å². The zero-order chi connectivity index (χ0) is 21.7. The fraction of sp³-hybridized carbons (Fsp3) is 0.318. The number of amides is 1. The van der Waals surface area contributed by atoms with Crippen LogP contribution in [-0.4, -0.2) is 52.0 Å². The first kappa shape index (κ1) is 22.0. The Labute approximate surface area is 177 Å². The van der Waals surface area contributed by atoms with Gasteiger partial charge in [-0.25, -0.2) is 8.42 Å². The summed E-state index contributed by atoms with van der Waals surface area (Å²) in [7, 11) is -2.30. The molecule has 2 aromatic carbocycles. The normalized spacial score (nSPS) is 15.3. The van der Waals surface area contributed by atoms with Crippen LogP contribution in [0.5, 0.6) is 5.75 Å². The molecule has 0 aromatic heterocycles. The van der Waals surface area contributed by atoms with Crippen molar-refractivity contribution in [2.75, 3.05) is 38.7 Å². The highest BCUT2D eigenvalue weighted by atomic mass is 32.2. The quantitative estimate of drug-likeness (QED) is 0.712. The Morgan fingerprint density at radius 1 is 1.10 bits per heavy atom. The van der Waals surface area contributed by atoms with Gasteiger partial charge >= 0.3 is 0 Å². The molecule has 1 heterocycles. The maximum atomic E-state index is 13.0. The molecule has 0 radical (unpaired) electrons. The highest BCUT2D eigenvalue weighted by Gasteiger charge is 2.29. The van der Waals surface area contributed by atoms with Gasteiger partial charge in [0.2, 0.25) is 15.9 Å². The molecule has 8 heteroatoms. The van der Waals surface area contributed by atoms with Crippen LogP contribution in [0.3, 0.4) is 0 Å². The van der Waals surface area contributed by atoms with Gasteiger partial charge in [-0.15, -0.1) is 0 Å². The van der Waals surface area contributed by atoms with Crippen molar-refractivity contribution in [2.45, 2.75) is 18.7 Å². The predicted octanol–water partition coefficient (Wildman–Crippen LogP) is 2.98. The summed E-state index contributed by atoms with van der Waals surface area (Å²) in [4.78, 5) is 12.4. The second kappa shape index (κ2) is 9.42. The summed E-state index contributed by atoms with van der Waals surface area (Å²) in [6, 6.07) is 10.6. The first-order chi connectivity index (χ1) is 14.3. The molecule has 1 amide bonds. The fourth-order valence-electron chi connectivity index (χ4n) is 3.33. The Kier molecular flexibility index (Phi) is 6.91. The molecule has 1 aliphatic heterocycles. The average Bonchev–Trinajstić information content (AvgIpc) is 2.72. The zero-order valence-electron chi connectivity index (χ0n) is 17.3. The molecule has 1 fully saturated rings. The second-order valence-electron chi connectivity index (χ2n) is 7.13. The van der Waals surface area contributed by atoms with E-state index in [0.29, 0.717) is 37.6 Å². The second-order valence-corrected chi connectivity index (χ2v) is 9.03. The van der Waals surface area contributed by atoms with E-state index in [1.54, 1.807) is 18.2 Å². The summed E-state index contributed by atoms with van der Waals surface area (Å²) in [6.07, 6.45) is 2.96. The molecule has 2 aromatic rings. The Bertz CT molecular complexity index is 1040. The molecule has 0 saturated carbocycles. The van der Waals surface area contributed by atoms with Crippen LogP contribution in [0.4, 0.5) is 5.69 Å². The Hall–Kier alpha value is -2.68. The summed E-state index contributed by atoms with van der Waals surface area (Å²) in [5, 5.41) is 2.82. The van der Waals surface area contributed by atoms with Crippen LogP contribution in [0.1, 0.15) is 16.7 Å². The third-order valence-electron chi connectivity index (χ3n) is 4.69. The number of nitrogens with zero attached hydrogens (tertiary/aromatic N) is 1. The summed E-state index contributed by atoms with van der Waals surface area (Å²) in [5.41, 5.74) is 3.41. The number of anilines is 1. The molecule has 0 unspecified atom stereocenters. The van der Waals surface area contributed by atoms with Gasteiger partial charge in [-0.05, 0) is 60.9 Å². The van der Waals surface area contributed by atoms with Crippen LogP contribution >= 0.6 is 0 Å². The largest absolute Gasteiger partial charge is 0.495 e. The SMILES string of the molecule is COc1ccc(C=CC(=O)Nc2cc(C)cc(C)c2)cc1S(=O)(=O)N1CCOCC1. The van der Waals surface area contributed by atoms with Crippen molar-refractivity contribution in [3.05, 3.63) is 59.2 Å². The van der Waals surface area contributed by atoms with Crippen molar-refractivity contribution in [3.8, 4) is 5.75 Å². The number of ether oxygens (including phenoxy) is 2. The van der Waals surface area contributed by atoms with Crippen LogP contribution in [0.25, 0.3) is 6.08 Å². The lowest BCUT2D eigenvalue weighted by molar-refractivity contribution is -0.111. The van der Waals surface area contributed by atoms with Crippen LogP contribution in [-0.2, 0) is 19.6 Å². The number of rotatable bonds is 6. The number of benzene rings is 2. The van der Waals surface area contributed by atoms with Gasteiger partial charge in [0, 0.05) is 24.9 Å². The maximum Gasteiger partial charge on any atom is 0.248 e. The third-order valence-corrected chi connectivity index (χ3v) is 6.61. The summed E-state index contributed by atoms with van der Waals surface area (Å²) < 4.78 is 38.0. The number of carbonyl (C=O) groups excluding carboxylic acids is 1. The van der Waals surface area contributed by atoms with Crippen LogP contribution in [0, 0.1) is 13.8 Å². The van der Waals surface area contributed by atoms with E-state index in [1.807, 2.05) is 32.0 Å². The van der Waals surface area contributed by atoms with E-state index in [4.69, 9.17) is 9.47 Å². The number of hydrogen-bond acceptors (Lipinski definition) is 5.